The van der Waals surface area contributed by atoms with Gasteiger partial charge in [0.1, 0.15) is 0 Å². The van der Waals surface area contributed by atoms with Crippen LogP contribution >= 0.6 is 36.4 Å². The van der Waals surface area contributed by atoms with Gasteiger partial charge >= 0.3 is 0 Å². The smallest absolute Gasteiger partial charge is 0.256 e. The lowest BCUT2D eigenvalue weighted by Gasteiger charge is -2.37. The monoisotopic (exact) mass is 401 g/mol. The van der Waals surface area contributed by atoms with Crippen LogP contribution in [0.4, 0.5) is 11.4 Å². The van der Waals surface area contributed by atoms with E-state index < -0.39 is 0 Å². The lowest BCUT2D eigenvalue weighted by atomic mass is 10.1. The highest BCUT2D eigenvalue weighted by Gasteiger charge is 2.24. The van der Waals surface area contributed by atoms with Crippen LogP contribution in [-0.4, -0.2) is 37.0 Å². The van der Waals surface area contributed by atoms with Crippen LogP contribution in [-0.2, 0) is 0 Å². The van der Waals surface area contributed by atoms with Crippen molar-refractivity contribution in [1.29, 1.82) is 0 Å². The van der Waals surface area contributed by atoms with Crippen molar-refractivity contribution in [2.24, 2.45) is 0 Å². The molecule has 0 unspecified atom stereocenters. The molecule has 2 N–H and O–H groups in total. The fourth-order valence-corrected chi connectivity index (χ4v) is 3.10. The van der Waals surface area contributed by atoms with Crippen LogP contribution in [0.2, 0.25) is 5.02 Å². The Morgan fingerprint density at radius 2 is 1.68 bits per heavy atom. The van der Waals surface area contributed by atoms with E-state index in [1.54, 1.807) is 12.1 Å². The molecule has 0 spiro atoms. The lowest BCUT2D eigenvalue weighted by molar-refractivity contribution is 0.0748. The first-order valence-corrected chi connectivity index (χ1v) is 8.09. The SMILES string of the molecule is Cc1ccc(Cl)cc1N1CCN(C(=O)c2ccccc2N)CC1.Cl.Cl. The van der Waals surface area contributed by atoms with Crippen molar-refractivity contribution >= 4 is 53.7 Å². The molecule has 136 valence electrons. The van der Waals surface area contributed by atoms with Crippen LogP contribution in [0.15, 0.2) is 42.5 Å². The summed E-state index contributed by atoms with van der Waals surface area (Å²) in [5.74, 6) is 0.00515. The van der Waals surface area contributed by atoms with Crippen LogP contribution in [0.5, 0.6) is 0 Å². The van der Waals surface area contributed by atoms with Gasteiger partial charge in [0.2, 0.25) is 0 Å². The number of halogens is 3. The van der Waals surface area contributed by atoms with Crippen molar-refractivity contribution in [3.63, 3.8) is 0 Å². The summed E-state index contributed by atoms with van der Waals surface area (Å²) in [5, 5.41) is 0.737. The van der Waals surface area contributed by atoms with Crippen LogP contribution in [0, 0.1) is 6.92 Å². The molecule has 4 nitrogen and oxygen atoms in total. The second-order valence-electron chi connectivity index (χ2n) is 5.80. The van der Waals surface area contributed by atoms with Gasteiger partial charge in [-0.1, -0.05) is 29.8 Å². The van der Waals surface area contributed by atoms with Gasteiger partial charge in [0.05, 0.1) is 5.56 Å². The lowest BCUT2D eigenvalue weighted by Crippen LogP contribution is -2.49. The number of carbonyl (C=O) groups excluding carboxylic acids is 1. The molecule has 1 aliphatic rings. The van der Waals surface area contributed by atoms with Crippen molar-refractivity contribution in [2.45, 2.75) is 6.92 Å². The van der Waals surface area contributed by atoms with E-state index in [2.05, 4.69) is 11.8 Å². The number of anilines is 2. The number of hydrogen-bond acceptors (Lipinski definition) is 3. The number of nitrogen functional groups attached to an aromatic ring is 1. The molecule has 0 aromatic heterocycles. The average molecular weight is 403 g/mol. The van der Waals surface area contributed by atoms with Gasteiger partial charge in [0.15, 0.2) is 0 Å². The number of amides is 1. The minimum atomic E-state index is 0. The van der Waals surface area contributed by atoms with E-state index >= 15 is 0 Å². The van der Waals surface area contributed by atoms with Crippen molar-refractivity contribution in [2.75, 3.05) is 36.8 Å². The summed E-state index contributed by atoms with van der Waals surface area (Å²) in [6.45, 7) is 5.02. The fraction of sp³-hybridized carbons (Fsp3) is 0.278. The topological polar surface area (TPSA) is 49.6 Å². The van der Waals surface area contributed by atoms with E-state index in [0.29, 0.717) is 24.3 Å². The maximum atomic E-state index is 12.6. The third kappa shape index (κ3) is 4.72. The zero-order valence-electron chi connectivity index (χ0n) is 13.9. The highest BCUT2D eigenvalue weighted by atomic mass is 35.5. The number of piperazine rings is 1. The Hall–Kier alpha value is -1.62. The van der Waals surface area contributed by atoms with Gasteiger partial charge in [-0.2, -0.15) is 0 Å². The summed E-state index contributed by atoms with van der Waals surface area (Å²) in [7, 11) is 0. The van der Waals surface area contributed by atoms with Gasteiger partial charge in [0.25, 0.3) is 5.91 Å². The second-order valence-corrected chi connectivity index (χ2v) is 6.23. The van der Waals surface area contributed by atoms with Gasteiger partial charge in [-0.05, 0) is 36.8 Å². The summed E-state index contributed by atoms with van der Waals surface area (Å²) in [6.07, 6.45) is 0. The van der Waals surface area contributed by atoms with Gasteiger partial charge < -0.3 is 15.5 Å². The predicted molar refractivity (Wildman–Crippen MR) is 110 cm³/mol. The molecule has 0 radical (unpaired) electrons. The molecular weight excluding hydrogens is 381 g/mol. The number of hydrogen-bond donors (Lipinski definition) is 1. The summed E-state index contributed by atoms with van der Waals surface area (Å²) < 4.78 is 0. The summed E-state index contributed by atoms with van der Waals surface area (Å²) >= 11 is 6.11. The molecule has 1 heterocycles. The summed E-state index contributed by atoms with van der Waals surface area (Å²) in [6, 6.07) is 13.1. The molecule has 2 aromatic rings. The number of nitrogens with two attached hydrogens (primary N) is 1. The Kier molecular flexibility index (Phi) is 7.87. The molecule has 1 amide bonds. The Morgan fingerprint density at radius 1 is 1.04 bits per heavy atom. The fourth-order valence-electron chi connectivity index (χ4n) is 2.94. The first-order valence-electron chi connectivity index (χ1n) is 7.71. The van der Waals surface area contributed by atoms with Crippen molar-refractivity contribution in [3.8, 4) is 0 Å². The average Bonchev–Trinajstić information content (AvgIpc) is 2.57. The van der Waals surface area contributed by atoms with Gasteiger partial charge in [-0.25, -0.2) is 0 Å². The van der Waals surface area contributed by atoms with Crippen LogP contribution in [0.1, 0.15) is 15.9 Å². The van der Waals surface area contributed by atoms with E-state index in [0.717, 1.165) is 23.8 Å². The number of benzene rings is 2. The van der Waals surface area contributed by atoms with Crippen LogP contribution in [0.3, 0.4) is 0 Å². The van der Waals surface area contributed by atoms with Gasteiger partial charge in [-0.15, -0.1) is 24.8 Å². The first-order chi connectivity index (χ1) is 11.1. The maximum absolute atomic E-state index is 12.6. The van der Waals surface area contributed by atoms with E-state index in [9.17, 15) is 4.79 Å². The standard InChI is InChI=1S/C18H20ClN3O.2ClH/c1-13-6-7-14(19)12-17(13)21-8-10-22(11-9-21)18(23)15-4-2-3-5-16(15)20;;/h2-7,12H,8-11,20H2,1H3;2*1H. The molecule has 0 saturated carbocycles. The van der Waals surface area contributed by atoms with Crippen molar-refractivity contribution < 1.29 is 4.79 Å². The molecular formula is C18H22Cl3N3O. The van der Waals surface area contributed by atoms with Crippen molar-refractivity contribution in [3.05, 3.63) is 58.6 Å². The zero-order chi connectivity index (χ0) is 16.4. The van der Waals surface area contributed by atoms with Crippen LogP contribution < -0.4 is 10.6 Å². The van der Waals surface area contributed by atoms with Gasteiger partial charge in [0, 0.05) is 42.6 Å². The molecule has 0 bridgehead atoms. The summed E-state index contributed by atoms with van der Waals surface area (Å²) in [4.78, 5) is 16.7. The molecule has 1 saturated heterocycles. The second kappa shape index (κ2) is 9.18. The first kappa shape index (κ1) is 21.4. The molecule has 0 atom stereocenters. The highest BCUT2D eigenvalue weighted by molar-refractivity contribution is 6.30. The van der Waals surface area contributed by atoms with E-state index in [4.69, 9.17) is 17.3 Å². The quantitative estimate of drug-likeness (QED) is 0.771. The Labute approximate surface area is 165 Å². The number of rotatable bonds is 2. The van der Waals surface area contributed by atoms with E-state index in [1.807, 2.05) is 35.2 Å². The van der Waals surface area contributed by atoms with E-state index in [-0.39, 0.29) is 30.7 Å². The van der Waals surface area contributed by atoms with E-state index in [1.165, 1.54) is 5.56 Å². The molecule has 25 heavy (non-hydrogen) atoms. The molecule has 0 aliphatic carbocycles. The van der Waals surface area contributed by atoms with Crippen molar-refractivity contribution in [1.82, 2.24) is 4.90 Å². The third-order valence-electron chi connectivity index (χ3n) is 4.27. The molecule has 3 rings (SSSR count). The maximum Gasteiger partial charge on any atom is 0.256 e. The van der Waals surface area contributed by atoms with Gasteiger partial charge in [-0.3, -0.25) is 4.79 Å². The largest absolute Gasteiger partial charge is 0.398 e. The molecule has 2 aromatic carbocycles. The number of nitrogens with zero attached hydrogens (tertiary/aromatic N) is 2. The normalized spacial score (nSPS) is 13.7. The number of para-hydroxylation sites is 1. The number of aryl methyl sites for hydroxylation is 1. The highest BCUT2D eigenvalue weighted by Crippen LogP contribution is 2.25. The summed E-state index contributed by atoms with van der Waals surface area (Å²) in [5.41, 5.74) is 9.36. The predicted octanol–water partition coefficient (Wildman–Crippen LogP) is 4.04. The Morgan fingerprint density at radius 3 is 2.32 bits per heavy atom. The number of carbonyl (C=O) groups is 1. The molecule has 7 heteroatoms. The Bertz CT molecular complexity index is 731. The molecule has 1 aliphatic heterocycles. The van der Waals surface area contributed by atoms with Crippen LogP contribution in [0.25, 0.3) is 0 Å². The zero-order valence-corrected chi connectivity index (χ0v) is 16.3. The Balaban J connectivity index is 0.00000156. The minimum absolute atomic E-state index is 0. The molecule has 1 fully saturated rings. The third-order valence-corrected chi connectivity index (χ3v) is 4.51. The minimum Gasteiger partial charge on any atom is -0.398 e.